The van der Waals surface area contributed by atoms with Crippen molar-refractivity contribution >= 4 is 5.91 Å². The number of nitrogens with zero attached hydrogens (tertiary/aromatic N) is 2. The molecule has 5 heteroatoms. The summed E-state index contributed by atoms with van der Waals surface area (Å²) in [5.41, 5.74) is 1.89. The van der Waals surface area contributed by atoms with Crippen LogP contribution >= 0.6 is 0 Å². The summed E-state index contributed by atoms with van der Waals surface area (Å²) >= 11 is 0. The van der Waals surface area contributed by atoms with Gasteiger partial charge < -0.3 is 10.4 Å². The van der Waals surface area contributed by atoms with E-state index in [-0.39, 0.29) is 25.1 Å². The second-order valence-corrected chi connectivity index (χ2v) is 4.27. The number of aryl methyl sites for hydroxylation is 2. The van der Waals surface area contributed by atoms with Crippen LogP contribution < -0.4 is 5.32 Å². The molecule has 5 nitrogen and oxygen atoms in total. The molecule has 1 heterocycles. The minimum atomic E-state index is -0.0588. The summed E-state index contributed by atoms with van der Waals surface area (Å²) in [6.45, 7) is 6.16. The molecule has 0 bridgehead atoms. The number of carbonyl (C=O) groups excluding carboxylic acids is 1. The summed E-state index contributed by atoms with van der Waals surface area (Å²) in [4.78, 5) is 11.8. The second-order valence-electron chi connectivity index (χ2n) is 4.27. The van der Waals surface area contributed by atoms with Gasteiger partial charge in [-0.05, 0) is 32.8 Å². The van der Waals surface area contributed by atoms with Gasteiger partial charge in [0.1, 0.15) is 6.54 Å². The summed E-state index contributed by atoms with van der Waals surface area (Å²) in [6.07, 6.45) is 1.42. The second kappa shape index (κ2) is 6.39. The van der Waals surface area contributed by atoms with Crippen LogP contribution in [0.1, 0.15) is 31.2 Å². The highest BCUT2D eigenvalue weighted by Gasteiger charge is 2.11. The lowest BCUT2D eigenvalue weighted by Gasteiger charge is -2.15. The molecule has 2 N–H and O–H groups in total. The van der Waals surface area contributed by atoms with Crippen molar-refractivity contribution in [3.05, 3.63) is 17.5 Å². The van der Waals surface area contributed by atoms with Gasteiger partial charge in [0.2, 0.25) is 5.91 Å². The fourth-order valence-electron chi connectivity index (χ4n) is 1.78. The van der Waals surface area contributed by atoms with Gasteiger partial charge in [-0.1, -0.05) is 6.92 Å². The lowest BCUT2D eigenvalue weighted by atomic mass is 10.1. The third kappa shape index (κ3) is 4.19. The predicted molar refractivity (Wildman–Crippen MR) is 65.6 cm³/mol. The molecule has 1 aromatic rings. The van der Waals surface area contributed by atoms with Gasteiger partial charge in [0.15, 0.2) is 0 Å². The number of amides is 1. The Labute approximate surface area is 102 Å². The van der Waals surface area contributed by atoms with Crippen molar-refractivity contribution in [3.8, 4) is 0 Å². The summed E-state index contributed by atoms with van der Waals surface area (Å²) in [5.74, 6) is -0.0588. The molecule has 1 rings (SSSR count). The first-order valence-electron chi connectivity index (χ1n) is 5.98. The number of hydrogen-bond donors (Lipinski definition) is 2. The monoisotopic (exact) mass is 239 g/mol. The van der Waals surface area contributed by atoms with Crippen molar-refractivity contribution in [2.45, 2.75) is 46.2 Å². The van der Waals surface area contributed by atoms with Crippen molar-refractivity contribution in [2.24, 2.45) is 0 Å². The third-order valence-electron chi connectivity index (χ3n) is 2.73. The molecule has 0 spiro atoms. The highest BCUT2D eigenvalue weighted by molar-refractivity contribution is 5.76. The van der Waals surface area contributed by atoms with Crippen LogP contribution in [0.2, 0.25) is 0 Å². The van der Waals surface area contributed by atoms with Crippen LogP contribution in [0.5, 0.6) is 0 Å². The maximum absolute atomic E-state index is 11.8. The Hall–Kier alpha value is -1.36. The minimum absolute atomic E-state index is 0.0458. The van der Waals surface area contributed by atoms with Gasteiger partial charge in [-0.2, -0.15) is 5.10 Å². The number of carbonyl (C=O) groups is 1. The zero-order chi connectivity index (χ0) is 12.8. The Morgan fingerprint density at radius 2 is 2.29 bits per heavy atom. The molecule has 0 saturated carbocycles. The maximum Gasteiger partial charge on any atom is 0.241 e. The lowest BCUT2D eigenvalue weighted by Crippen LogP contribution is -2.37. The Kier molecular flexibility index (Phi) is 5.15. The molecular formula is C12H21N3O2. The summed E-state index contributed by atoms with van der Waals surface area (Å²) in [7, 11) is 0. The van der Waals surface area contributed by atoms with Gasteiger partial charge in [-0.3, -0.25) is 9.48 Å². The topological polar surface area (TPSA) is 67.2 Å². The average Bonchev–Trinajstić information content (AvgIpc) is 2.56. The van der Waals surface area contributed by atoms with E-state index in [0.29, 0.717) is 6.42 Å². The fraction of sp³-hybridized carbons (Fsp3) is 0.667. The van der Waals surface area contributed by atoms with Crippen molar-refractivity contribution in [1.29, 1.82) is 0 Å². The molecule has 1 atom stereocenters. The first kappa shape index (κ1) is 13.7. The number of aliphatic hydroxyl groups is 1. The quantitative estimate of drug-likeness (QED) is 0.770. The van der Waals surface area contributed by atoms with E-state index in [9.17, 15) is 4.79 Å². The third-order valence-corrected chi connectivity index (χ3v) is 2.73. The van der Waals surface area contributed by atoms with E-state index < -0.39 is 0 Å². The van der Waals surface area contributed by atoms with Crippen LogP contribution in [-0.4, -0.2) is 33.4 Å². The van der Waals surface area contributed by atoms with E-state index in [1.165, 1.54) is 0 Å². The van der Waals surface area contributed by atoms with E-state index in [1.54, 1.807) is 4.68 Å². The molecule has 0 aliphatic carbocycles. The van der Waals surface area contributed by atoms with E-state index in [1.807, 2.05) is 26.8 Å². The highest BCUT2D eigenvalue weighted by Crippen LogP contribution is 2.02. The predicted octanol–water partition coefficient (Wildman–Crippen LogP) is 0.777. The highest BCUT2D eigenvalue weighted by atomic mass is 16.3. The normalized spacial score (nSPS) is 12.5. The van der Waals surface area contributed by atoms with Crippen LogP contribution in [-0.2, 0) is 11.3 Å². The number of nitrogens with one attached hydrogen (secondary N) is 1. The number of hydrogen-bond acceptors (Lipinski definition) is 3. The number of rotatable bonds is 6. The van der Waals surface area contributed by atoms with Crippen LogP contribution in [0, 0.1) is 13.8 Å². The zero-order valence-electron chi connectivity index (χ0n) is 10.7. The first-order chi connectivity index (χ1) is 8.06. The van der Waals surface area contributed by atoms with Gasteiger partial charge in [-0.15, -0.1) is 0 Å². The average molecular weight is 239 g/mol. The SMILES string of the molecule is CCC(CCO)NC(=O)Cn1nc(C)cc1C. The molecule has 0 aromatic carbocycles. The number of aliphatic hydroxyl groups excluding tert-OH is 1. The zero-order valence-corrected chi connectivity index (χ0v) is 10.7. The first-order valence-corrected chi connectivity index (χ1v) is 5.98. The van der Waals surface area contributed by atoms with E-state index in [0.717, 1.165) is 17.8 Å². The van der Waals surface area contributed by atoms with E-state index in [4.69, 9.17) is 5.11 Å². The molecule has 0 fully saturated rings. The summed E-state index contributed by atoms with van der Waals surface area (Å²) in [5, 5.41) is 16.0. The van der Waals surface area contributed by atoms with Crippen LogP contribution in [0.15, 0.2) is 6.07 Å². The van der Waals surface area contributed by atoms with Gasteiger partial charge in [-0.25, -0.2) is 0 Å². The molecule has 0 aliphatic heterocycles. The van der Waals surface area contributed by atoms with Gasteiger partial charge in [0.05, 0.1) is 5.69 Å². The van der Waals surface area contributed by atoms with Crippen LogP contribution in [0.4, 0.5) is 0 Å². The molecule has 0 radical (unpaired) electrons. The standard InChI is InChI=1S/C12H21N3O2/c1-4-11(5-6-16)13-12(17)8-15-10(3)7-9(2)14-15/h7,11,16H,4-6,8H2,1-3H3,(H,13,17). The molecule has 17 heavy (non-hydrogen) atoms. The summed E-state index contributed by atoms with van der Waals surface area (Å²) in [6, 6.07) is 1.99. The van der Waals surface area contributed by atoms with E-state index in [2.05, 4.69) is 10.4 Å². The van der Waals surface area contributed by atoms with Gasteiger partial charge in [0, 0.05) is 18.3 Å². The molecule has 1 amide bonds. The fourth-order valence-corrected chi connectivity index (χ4v) is 1.78. The molecule has 0 aliphatic rings. The Morgan fingerprint density at radius 1 is 1.59 bits per heavy atom. The Morgan fingerprint density at radius 3 is 2.76 bits per heavy atom. The molecule has 1 unspecified atom stereocenters. The smallest absolute Gasteiger partial charge is 0.241 e. The van der Waals surface area contributed by atoms with Crippen molar-refractivity contribution in [2.75, 3.05) is 6.61 Å². The van der Waals surface area contributed by atoms with Crippen LogP contribution in [0.25, 0.3) is 0 Å². The van der Waals surface area contributed by atoms with E-state index >= 15 is 0 Å². The van der Waals surface area contributed by atoms with Crippen LogP contribution in [0.3, 0.4) is 0 Å². The van der Waals surface area contributed by atoms with Gasteiger partial charge in [0.25, 0.3) is 0 Å². The number of aromatic nitrogens is 2. The van der Waals surface area contributed by atoms with Gasteiger partial charge >= 0.3 is 0 Å². The largest absolute Gasteiger partial charge is 0.396 e. The molecular weight excluding hydrogens is 218 g/mol. The molecule has 96 valence electrons. The maximum atomic E-state index is 11.8. The van der Waals surface area contributed by atoms with Crippen molar-refractivity contribution < 1.29 is 9.90 Å². The molecule has 0 saturated heterocycles. The van der Waals surface area contributed by atoms with Crippen molar-refractivity contribution in [1.82, 2.24) is 15.1 Å². The lowest BCUT2D eigenvalue weighted by molar-refractivity contribution is -0.122. The minimum Gasteiger partial charge on any atom is -0.396 e. The summed E-state index contributed by atoms with van der Waals surface area (Å²) < 4.78 is 1.69. The molecule has 1 aromatic heterocycles. The Balaban J connectivity index is 2.51. The Bertz CT molecular complexity index is 374. The van der Waals surface area contributed by atoms with Crippen molar-refractivity contribution in [3.63, 3.8) is 0 Å².